The molecule has 0 amide bonds. The third-order valence-electron chi connectivity index (χ3n) is 3.16. The molecule has 62 valence electrons. The van der Waals surface area contributed by atoms with Crippen molar-refractivity contribution in [2.75, 3.05) is 13.2 Å². The maximum Gasteiger partial charge on any atom is 0.310 e. The van der Waals surface area contributed by atoms with Crippen LogP contribution in [0.2, 0.25) is 0 Å². The van der Waals surface area contributed by atoms with E-state index >= 15 is 0 Å². The van der Waals surface area contributed by atoms with E-state index < -0.39 is 11.4 Å². The van der Waals surface area contributed by atoms with Crippen molar-refractivity contribution in [3.63, 3.8) is 0 Å². The van der Waals surface area contributed by atoms with E-state index in [0.29, 0.717) is 13.2 Å². The van der Waals surface area contributed by atoms with Gasteiger partial charge in [-0.3, -0.25) is 4.79 Å². The van der Waals surface area contributed by atoms with E-state index in [-0.39, 0.29) is 5.41 Å². The topological polar surface area (TPSA) is 46.5 Å². The van der Waals surface area contributed by atoms with Crippen LogP contribution in [0.15, 0.2) is 0 Å². The number of hydrogen-bond acceptors (Lipinski definition) is 2. The first-order valence-electron chi connectivity index (χ1n) is 3.92. The molecule has 2 fully saturated rings. The van der Waals surface area contributed by atoms with Crippen LogP contribution in [0.5, 0.6) is 0 Å². The zero-order valence-electron chi connectivity index (χ0n) is 6.59. The fraction of sp³-hybridized carbons (Fsp3) is 0.875. The summed E-state index contributed by atoms with van der Waals surface area (Å²) in [4.78, 5) is 10.9. The van der Waals surface area contributed by atoms with E-state index in [1.54, 1.807) is 0 Å². The molecule has 0 aromatic carbocycles. The van der Waals surface area contributed by atoms with Crippen molar-refractivity contribution in [3.05, 3.63) is 0 Å². The van der Waals surface area contributed by atoms with Crippen LogP contribution in [0.3, 0.4) is 0 Å². The Bertz CT molecular complexity index is 201. The number of hydrogen-bond donors (Lipinski definition) is 1. The first-order chi connectivity index (χ1) is 5.11. The average molecular weight is 156 g/mol. The Morgan fingerprint density at radius 3 is 2.09 bits per heavy atom. The molecule has 0 unspecified atom stereocenters. The van der Waals surface area contributed by atoms with Crippen LogP contribution in [-0.4, -0.2) is 24.3 Å². The molecule has 1 saturated carbocycles. The molecule has 0 spiro atoms. The van der Waals surface area contributed by atoms with Crippen molar-refractivity contribution in [2.24, 2.45) is 10.8 Å². The Hall–Kier alpha value is -0.570. The minimum absolute atomic E-state index is 0.0706. The number of carboxylic acids is 1. The molecule has 0 aromatic heterocycles. The summed E-state index contributed by atoms with van der Waals surface area (Å²) in [7, 11) is 0. The lowest BCUT2D eigenvalue weighted by molar-refractivity contribution is -0.176. The van der Waals surface area contributed by atoms with E-state index in [0.717, 1.165) is 12.8 Å². The summed E-state index contributed by atoms with van der Waals surface area (Å²) in [5.74, 6) is -0.636. The summed E-state index contributed by atoms with van der Waals surface area (Å²) in [6.45, 7) is 3.26. The predicted octanol–water partition coefficient (Wildman–Crippen LogP) is 0.888. The van der Waals surface area contributed by atoms with E-state index in [2.05, 4.69) is 0 Å². The number of ether oxygens (including phenoxy) is 1. The summed E-state index contributed by atoms with van der Waals surface area (Å²) in [6.07, 6.45) is 1.67. The molecule has 2 rings (SSSR count). The molecule has 11 heavy (non-hydrogen) atoms. The summed E-state index contributed by atoms with van der Waals surface area (Å²) >= 11 is 0. The lowest BCUT2D eigenvalue weighted by Gasteiger charge is -2.43. The van der Waals surface area contributed by atoms with Crippen LogP contribution in [0.25, 0.3) is 0 Å². The first kappa shape index (κ1) is 7.10. The van der Waals surface area contributed by atoms with Gasteiger partial charge in [-0.2, -0.15) is 0 Å². The molecule has 1 aliphatic heterocycles. The third kappa shape index (κ3) is 0.692. The van der Waals surface area contributed by atoms with E-state index in [9.17, 15) is 4.79 Å². The largest absolute Gasteiger partial charge is 0.481 e. The van der Waals surface area contributed by atoms with Gasteiger partial charge in [0.25, 0.3) is 0 Å². The molecular formula is C8H12O3. The molecule has 1 N–H and O–H groups in total. The van der Waals surface area contributed by atoms with Crippen molar-refractivity contribution in [1.29, 1.82) is 0 Å². The van der Waals surface area contributed by atoms with E-state index in [4.69, 9.17) is 9.84 Å². The van der Waals surface area contributed by atoms with Crippen molar-refractivity contribution in [2.45, 2.75) is 19.8 Å². The van der Waals surface area contributed by atoms with Gasteiger partial charge in [0.05, 0.1) is 18.6 Å². The Kier molecular flexibility index (Phi) is 1.15. The molecule has 0 aromatic rings. The van der Waals surface area contributed by atoms with E-state index in [1.807, 2.05) is 6.92 Å². The second kappa shape index (κ2) is 1.78. The van der Waals surface area contributed by atoms with Gasteiger partial charge < -0.3 is 9.84 Å². The zero-order valence-corrected chi connectivity index (χ0v) is 6.59. The fourth-order valence-corrected chi connectivity index (χ4v) is 1.89. The van der Waals surface area contributed by atoms with Crippen LogP contribution in [0.1, 0.15) is 19.8 Å². The maximum absolute atomic E-state index is 10.9. The van der Waals surface area contributed by atoms with Gasteiger partial charge in [0, 0.05) is 5.41 Å². The lowest BCUT2D eigenvalue weighted by atomic mass is 9.72. The molecule has 0 atom stereocenters. The molecule has 1 aliphatic carbocycles. The smallest absolute Gasteiger partial charge is 0.310 e. The molecule has 2 aliphatic rings. The molecule has 1 saturated heterocycles. The molecular weight excluding hydrogens is 144 g/mol. The Balaban J connectivity index is 2.19. The standard InChI is InChI=1S/C8H12O3/c1-7(4-11-5-7)8(2-3-8)6(9)10/h2-5H2,1H3,(H,9,10). The number of carbonyl (C=O) groups is 1. The first-order valence-corrected chi connectivity index (χ1v) is 3.92. The second-order valence-corrected chi connectivity index (χ2v) is 3.94. The normalized spacial score (nSPS) is 30.6. The lowest BCUT2D eigenvalue weighted by Crippen LogP contribution is -2.50. The SMILES string of the molecule is CC1(C2(C(=O)O)CC2)COC1. The molecule has 3 heteroatoms. The molecule has 0 radical (unpaired) electrons. The van der Waals surface area contributed by atoms with Gasteiger partial charge in [-0.05, 0) is 12.8 Å². The number of aliphatic carboxylic acids is 1. The predicted molar refractivity (Wildman–Crippen MR) is 38.2 cm³/mol. The summed E-state index contributed by atoms with van der Waals surface area (Å²) < 4.78 is 5.05. The highest BCUT2D eigenvalue weighted by Crippen LogP contribution is 2.61. The summed E-state index contributed by atoms with van der Waals surface area (Å²) in [5.41, 5.74) is -0.496. The molecule has 3 nitrogen and oxygen atoms in total. The third-order valence-corrected chi connectivity index (χ3v) is 3.16. The molecule has 1 heterocycles. The van der Waals surface area contributed by atoms with Crippen LogP contribution >= 0.6 is 0 Å². The second-order valence-electron chi connectivity index (χ2n) is 3.94. The van der Waals surface area contributed by atoms with Crippen molar-refractivity contribution >= 4 is 5.97 Å². The van der Waals surface area contributed by atoms with Gasteiger partial charge in [-0.25, -0.2) is 0 Å². The Morgan fingerprint density at radius 2 is 2.00 bits per heavy atom. The number of carboxylic acid groups (broad SMARTS) is 1. The van der Waals surface area contributed by atoms with Crippen molar-refractivity contribution < 1.29 is 14.6 Å². The van der Waals surface area contributed by atoms with E-state index in [1.165, 1.54) is 0 Å². The maximum atomic E-state index is 10.9. The van der Waals surface area contributed by atoms with Crippen LogP contribution in [0.4, 0.5) is 0 Å². The van der Waals surface area contributed by atoms with Gasteiger partial charge in [-0.1, -0.05) is 6.92 Å². The van der Waals surface area contributed by atoms with Crippen LogP contribution < -0.4 is 0 Å². The van der Waals surface area contributed by atoms with Crippen molar-refractivity contribution in [1.82, 2.24) is 0 Å². The van der Waals surface area contributed by atoms with Gasteiger partial charge >= 0.3 is 5.97 Å². The highest BCUT2D eigenvalue weighted by atomic mass is 16.5. The quantitative estimate of drug-likeness (QED) is 0.645. The Morgan fingerprint density at radius 1 is 1.45 bits per heavy atom. The Labute approximate surface area is 65.4 Å². The minimum atomic E-state index is -0.636. The van der Waals surface area contributed by atoms with Gasteiger partial charge in [0.15, 0.2) is 0 Å². The highest BCUT2D eigenvalue weighted by Gasteiger charge is 2.65. The fourth-order valence-electron chi connectivity index (χ4n) is 1.89. The number of rotatable bonds is 2. The van der Waals surface area contributed by atoms with Gasteiger partial charge in [-0.15, -0.1) is 0 Å². The zero-order chi connectivity index (χ0) is 8.11. The monoisotopic (exact) mass is 156 g/mol. The summed E-state index contributed by atoms with van der Waals surface area (Å²) in [5, 5.41) is 8.95. The summed E-state index contributed by atoms with van der Waals surface area (Å²) in [6, 6.07) is 0. The minimum Gasteiger partial charge on any atom is -0.481 e. The van der Waals surface area contributed by atoms with Gasteiger partial charge in [0.2, 0.25) is 0 Å². The highest BCUT2D eigenvalue weighted by molar-refractivity contribution is 5.79. The van der Waals surface area contributed by atoms with Crippen molar-refractivity contribution in [3.8, 4) is 0 Å². The molecule has 0 bridgehead atoms. The van der Waals surface area contributed by atoms with Crippen LogP contribution in [-0.2, 0) is 9.53 Å². The van der Waals surface area contributed by atoms with Gasteiger partial charge in [0.1, 0.15) is 0 Å². The van der Waals surface area contributed by atoms with Crippen LogP contribution in [0, 0.1) is 10.8 Å². The average Bonchev–Trinajstić information content (AvgIpc) is 2.61.